The highest BCUT2D eigenvalue weighted by atomic mass is 16.5. The molecule has 0 bridgehead atoms. The van der Waals surface area contributed by atoms with Crippen LogP contribution in [-0.4, -0.2) is 81.1 Å². The van der Waals surface area contributed by atoms with Crippen molar-refractivity contribution >= 4 is 34.8 Å². The third-order valence-corrected chi connectivity index (χ3v) is 6.91. The van der Waals surface area contributed by atoms with Crippen molar-refractivity contribution in [2.45, 2.75) is 58.0 Å². The Bertz CT molecular complexity index is 1270. The number of amides is 1. The topological polar surface area (TPSA) is 114 Å². The number of carbonyl (C=O) groups is 1. The maximum atomic E-state index is 13.0. The summed E-state index contributed by atoms with van der Waals surface area (Å²) in [4.78, 5) is 33.3. The molecule has 37 heavy (non-hydrogen) atoms. The van der Waals surface area contributed by atoms with Gasteiger partial charge in [-0.05, 0) is 26.7 Å². The number of piperidine rings is 1. The molecule has 196 valence electrons. The number of likely N-dealkylation sites (tertiary alicyclic amines) is 1. The Morgan fingerprint density at radius 1 is 1.27 bits per heavy atom. The molecule has 1 fully saturated rings. The van der Waals surface area contributed by atoms with Crippen LogP contribution >= 0.6 is 0 Å². The highest BCUT2D eigenvalue weighted by Gasteiger charge is 2.24. The molecule has 0 spiro atoms. The second kappa shape index (κ2) is 11.1. The number of anilines is 1. The van der Waals surface area contributed by atoms with Crippen LogP contribution < -0.4 is 10.6 Å². The molecule has 5 heterocycles. The summed E-state index contributed by atoms with van der Waals surface area (Å²) in [6, 6.07) is 2.19. The number of methoxy groups -OCH3 is 1. The van der Waals surface area contributed by atoms with Gasteiger partial charge in [0.25, 0.3) is 5.91 Å². The molecule has 2 aliphatic rings. The lowest BCUT2D eigenvalue weighted by molar-refractivity contribution is 0.0575. The van der Waals surface area contributed by atoms with Crippen LogP contribution in [0.5, 0.6) is 0 Å². The van der Waals surface area contributed by atoms with Crippen molar-refractivity contribution < 1.29 is 9.53 Å². The maximum Gasteiger partial charge on any atom is 0.253 e. The standard InChI is InChI=1S/C26H35N9O2/c1-18(2)35-16-21(25(36)28-9-13-33-12-8-27-17-33)20-15-30-24(14-22(20)35)31-23-4-7-29-26(32-23)34-10-5-19(37-3)6-11-34/h7-8,12,14-19,23H,4-6,9-11,13H2,1-3H3,(H,28,36)(H,30,31). The molecular weight excluding hydrogens is 470 g/mol. The van der Waals surface area contributed by atoms with Crippen molar-refractivity contribution in [1.29, 1.82) is 0 Å². The minimum atomic E-state index is -0.147. The quantitative estimate of drug-likeness (QED) is 0.487. The first-order chi connectivity index (χ1) is 18.0. The van der Waals surface area contributed by atoms with Gasteiger partial charge in [0.05, 0.1) is 23.5 Å². The third kappa shape index (κ3) is 5.66. The van der Waals surface area contributed by atoms with Gasteiger partial charge < -0.3 is 29.4 Å². The van der Waals surface area contributed by atoms with Crippen molar-refractivity contribution in [1.82, 2.24) is 29.3 Å². The van der Waals surface area contributed by atoms with Crippen LogP contribution in [0.4, 0.5) is 5.82 Å². The fourth-order valence-corrected chi connectivity index (χ4v) is 4.82. The fraction of sp³-hybridized carbons (Fsp3) is 0.500. The van der Waals surface area contributed by atoms with E-state index in [0.29, 0.717) is 31.2 Å². The Morgan fingerprint density at radius 3 is 2.84 bits per heavy atom. The number of aromatic nitrogens is 4. The Hall–Kier alpha value is -3.73. The van der Waals surface area contributed by atoms with Gasteiger partial charge in [-0.1, -0.05) is 0 Å². The number of hydrogen-bond donors (Lipinski definition) is 2. The van der Waals surface area contributed by atoms with E-state index in [9.17, 15) is 4.79 Å². The second-order valence-electron chi connectivity index (χ2n) is 9.75. The molecular formula is C26H35N9O2. The monoisotopic (exact) mass is 505 g/mol. The van der Waals surface area contributed by atoms with Gasteiger partial charge in [-0.2, -0.15) is 0 Å². The van der Waals surface area contributed by atoms with Crippen LogP contribution in [0.15, 0.2) is 47.2 Å². The smallest absolute Gasteiger partial charge is 0.253 e. The second-order valence-corrected chi connectivity index (χ2v) is 9.75. The number of ether oxygens (including phenoxy) is 1. The number of hydrogen-bond acceptors (Lipinski definition) is 8. The highest BCUT2D eigenvalue weighted by Crippen LogP contribution is 2.27. The first-order valence-corrected chi connectivity index (χ1v) is 12.9. The zero-order chi connectivity index (χ0) is 25.8. The molecule has 1 amide bonds. The lowest BCUT2D eigenvalue weighted by atomic mass is 10.1. The summed E-state index contributed by atoms with van der Waals surface area (Å²) in [5.74, 6) is 1.38. The van der Waals surface area contributed by atoms with E-state index in [4.69, 9.17) is 9.73 Å². The number of nitrogens with one attached hydrogen (secondary N) is 2. The van der Waals surface area contributed by atoms with E-state index in [2.05, 4.69) is 48.9 Å². The molecule has 0 aromatic carbocycles. The van der Waals surface area contributed by atoms with Crippen LogP contribution in [0.2, 0.25) is 0 Å². The molecule has 1 atom stereocenters. The average Bonchev–Trinajstić information content (AvgIpc) is 3.57. The Balaban J connectivity index is 1.29. The Kier molecular flexibility index (Phi) is 7.50. The number of pyridine rings is 1. The van der Waals surface area contributed by atoms with Gasteiger partial charge in [0.1, 0.15) is 12.0 Å². The van der Waals surface area contributed by atoms with Crippen molar-refractivity contribution in [2.24, 2.45) is 9.98 Å². The lowest BCUT2D eigenvalue weighted by Crippen LogP contribution is -2.41. The maximum absolute atomic E-state index is 13.0. The SMILES string of the molecule is COC1CCN(C2=NC(Nc3cc4c(cn3)c(C(=O)NCCn3ccnc3)cn4C(C)C)CC=N2)CC1. The molecule has 3 aromatic heterocycles. The average molecular weight is 506 g/mol. The van der Waals surface area contributed by atoms with Gasteiger partial charge in [-0.25, -0.2) is 20.0 Å². The lowest BCUT2D eigenvalue weighted by Gasteiger charge is -2.33. The molecule has 5 rings (SSSR count). The van der Waals surface area contributed by atoms with Crippen molar-refractivity contribution in [3.05, 3.63) is 42.7 Å². The van der Waals surface area contributed by atoms with E-state index < -0.39 is 0 Å². The van der Waals surface area contributed by atoms with Crippen molar-refractivity contribution in [3.8, 4) is 0 Å². The number of fused-ring (bicyclic) bond motifs is 1. The fourth-order valence-electron chi connectivity index (χ4n) is 4.82. The summed E-state index contributed by atoms with van der Waals surface area (Å²) >= 11 is 0. The minimum Gasteiger partial charge on any atom is -0.381 e. The molecule has 2 aliphatic heterocycles. The van der Waals surface area contributed by atoms with E-state index in [0.717, 1.165) is 48.6 Å². The van der Waals surface area contributed by atoms with Gasteiger partial charge >= 0.3 is 0 Å². The minimum absolute atomic E-state index is 0.109. The highest BCUT2D eigenvalue weighted by molar-refractivity contribution is 6.07. The van der Waals surface area contributed by atoms with E-state index >= 15 is 0 Å². The predicted molar refractivity (Wildman–Crippen MR) is 144 cm³/mol. The largest absolute Gasteiger partial charge is 0.381 e. The number of nitrogens with zero attached hydrogens (tertiary/aromatic N) is 7. The van der Waals surface area contributed by atoms with Crippen molar-refractivity contribution in [3.63, 3.8) is 0 Å². The summed E-state index contributed by atoms with van der Waals surface area (Å²) in [6.45, 7) is 7.17. The molecule has 1 unspecified atom stereocenters. The number of carbonyl (C=O) groups excluding carboxylic acids is 1. The van der Waals surface area contributed by atoms with Crippen LogP contribution in [0.1, 0.15) is 49.5 Å². The zero-order valence-electron chi connectivity index (χ0n) is 21.7. The first-order valence-electron chi connectivity index (χ1n) is 12.9. The van der Waals surface area contributed by atoms with Crippen LogP contribution in [0.25, 0.3) is 10.9 Å². The number of guanidine groups is 1. The van der Waals surface area contributed by atoms with Gasteiger partial charge in [-0.15, -0.1) is 0 Å². The van der Waals surface area contributed by atoms with E-state index in [-0.39, 0.29) is 18.1 Å². The summed E-state index contributed by atoms with van der Waals surface area (Å²) in [7, 11) is 1.77. The van der Waals surface area contributed by atoms with E-state index in [1.54, 1.807) is 25.8 Å². The molecule has 11 heteroatoms. The molecule has 3 aromatic rings. The van der Waals surface area contributed by atoms with Gasteiger partial charge in [0, 0.05) is 88.2 Å². The van der Waals surface area contributed by atoms with E-state index in [1.165, 1.54) is 0 Å². The Labute approximate surface area is 216 Å². The van der Waals surface area contributed by atoms with Crippen molar-refractivity contribution in [2.75, 3.05) is 32.1 Å². The Morgan fingerprint density at radius 2 is 2.11 bits per heavy atom. The molecule has 11 nitrogen and oxygen atoms in total. The zero-order valence-corrected chi connectivity index (χ0v) is 21.7. The van der Waals surface area contributed by atoms with Crippen LogP contribution in [0, 0.1) is 0 Å². The number of imidazole rings is 1. The predicted octanol–water partition coefficient (Wildman–Crippen LogP) is 2.92. The third-order valence-electron chi connectivity index (χ3n) is 6.91. The molecule has 0 aliphatic carbocycles. The molecule has 2 N–H and O–H groups in total. The summed E-state index contributed by atoms with van der Waals surface area (Å²) < 4.78 is 9.53. The molecule has 0 saturated carbocycles. The summed E-state index contributed by atoms with van der Waals surface area (Å²) in [5, 5.41) is 7.30. The van der Waals surface area contributed by atoms with Gasteiger partial charge in [0.2, 0.25) is 5.96 Å². The summed E-state index contributed by atoms with van der Waals surface area (Å²) in [6.07, 6.45) is 13.8. The first kappa shape index (κ1) is 24.9. The van der Waals surface area contributed by atoms with Crippen LogP contribution in [0.3, 0.4) is 0 Å². The van der Waals surface area contributed by atoms with Gasteiger partial charge in [0.15, 0.2) is 0 Å². The number of aliphatic imine (C=N–C) groups is 2. The molecule has 0 radical (unpaired) electrons. The number of rotatable bonds is 8. The normalized spacial score (nSPS) is 18.4. The summed E-state index contributed by atoms with van der Waals surface area (Å²) in [5.41, 5.74) is 1.58. The van der Waals surface area contributed by atoms with Gasteiger partial charge in [-0.3, -0.25) is 4.79 Å². The van der Waals surface area contributed by atoms with E-state index in [1.807, 2.05) is 29.2 Å². The molecule has 1 saturated heterocycles. The van der Waals surface area contributed by atoms with Crippen LogP contribution in [-0.2, 0) is 11.3 Å².